The fraction of sp³-hybridized carbons (Fsp3) is 0.200. The molecule has 0 fully saturated rings. The Kier molecular flexibility index (Phi) is 2.04. The Morgan fingerprint density at radius 1 is 1.29 bits per heavy atom. The molecule has 0 aromatic carbocycles. The van der Waals surface area contributed by atoms with Gasteiger partial charge >= 0.3 is 0 Å². The van der Waals surface area contributed by atoms with Gasteiger partial charge in [-0.15, -0.1) is 0 Å². The van der Waals surface area contributed by atoms with Crippen LogP contribution >= 0.6 is 0 Å². The topological polar surface area (TPSA) is 84.3 Å². The number of anilines is 1. The largest absolute Gasteiger partial charge is 0.357 e. The molecule has 86 valence electrons. The first-order chi connectivity index (χ1) is 8.29. The molecule has 0 spiro atoms. The van der Waals surface area contributed by atoms with Crippen molar-refractivity contribution in [1.82, 2.24) is 29.5 Å². The first kappa shape index (κ1) is 9.76. The highest BCUT2D eigenvalue weighted by molar-refractivity contribution is 5.79. The summed E-state index contributed by atoms with van der Waals surface area (Å²) in [5.41, 5.74) is 1.43. The van der Waals surface area contributed by atoms with Crippen molar-refractivity contribution in [3.05, 3.63) is 24.5 Å². The van der Waals surface area contributed by atoms with Gasteiger partial charge in [-0.05, 0) is 6.92 Å². The normalized spacial score (nSPS) is 10.9. The lowest BCUT2D eigenvalue weighted by molar-refractivity contribution is 0.933. The summed E-state index contributed by atoms with van der Waals surface area (Å²) >= 11 is 0. The second-order valence-corrected chi connectivity index (χ2v) is 3.57. The minimum atomic E-state index is 0.535. The third-order valence-electron chi connectivity index (χ3n) is 2.54. The van der Waals surface area contributed by atoms with Crippen LogP contribution in [0.25, 0.3) is 17.0 Å². The maximum absolute atomic E-state index is 4.42. The predicted octanol–water partition coefficient (Wildman–Crippen LogP) is 0.889. The third kappa shape index (κ3) is 1.43. The summed E-state index contributed by atoms with van der Waals surface area (Å²) in [7, 11) is 1.78. The van der Waals surface area contributed by atoms with Crippen molar-refractivity contribution in [2.45, 2.75) is 6.92 Å². The maximum Gasteiger partial charge on any atom is 0.226 e. The number of imidazole rings is 2. The van der Waals surface area contributed by atoms with Crippen molar-refractivity contribution in [2.75, 3.05) is 12.4 Å². The summed E-state index contributed by atoms with van der Waals surface area (Å²) in [6, 6.07) is 0. The van der Waals surface area contributed by atoms with Crippen LogP contribution in [0.1, 0.15) is 5.82 Å². The first-order valence-electron chi connectivity index (χ1n) is 5.19. The Hall–Kier alpha value is -2.44. The fourth-order valence-electron chi connectivity index (χ4n) is 1.71. The van der Waals surface area contributed by atoms with Gasteiger partial charge in [-0.2, -0.15) is 9.97 Å². The number of H-pyrrole nitrogens is 1. The second kappa shape index (κ2) is 3.55. The molecule has 3 aromatic heterocycles. The van der Waals surface area contributed by atoms with E-state index < -0.39 is 0 Å². The van der Waals surface area contributed by atoms with E-state index in [1.807, 2.05) is 17.7 Å². The molecule has 0 saturated carbocycles. The van der Waals surface area contributed by atoms with Gasteiger partial charge in [0, 0.05) is 19.4 Å². The van der Waals surface area contributed by atoms with E-state index in [4.69, 9.17) is 0 Å². The van der Waals surface area contributed by atoms with Gasteiger partial charge in [-0.3, -0.25) is 4.57 Å². The van der Waals surface area contributed by atoms with Gasteiger partial charge in [0.25, 0.3) is 0 Å². The van der Waals surface area contributed by atoms with E-state index in [-0.39, 0.29) is 0 Å². The quantitative estimate of drug-likeness (QED) is 0.681. The molecule has 0 aliphatic carbocycles. The van der Waals surface area contributed by atoms with Crippen LogP contribution in [0.15, 0.2) is 18.7 Å². The van der Waals surface area contributed by atoms with E-state index in [1.165, 1.54) is 0 Å². The molecule has 3 aromatic rings. The highest BCUT2D eigenvalue weighted by Gasteiger charge is 2.12. The summed E-state index contributed by atoms with van der Waals surface area (Å²) in [4.78, 5) is 20.1. The van der Waals surface area contributed by atoms with E-state index in [0.717, 1.165) is 17.2 Å². The van der Waals surface area contributed by atoms with Crippen molar-refractivity contribution in [3.8, 4) is 5.82 Å². The van der Waals surface area contributed by atoms with E-state index in [2.05, 4.69) is 30.2 Å². The number of nitrogens with zero attached hydrogens (tertiary/aromatic N) is 5. The maximum atomic E-state index is 4.42. The number of aromatic nitrogens is 6. The Bertz CT molecular complexity index is 666. The molecule has 2 N–H and O–H groups in total. The van der Waals surface area contributed by atoms with Crippen LogP contribution in [0.2, 0.25) is 0 Å². The Balaban J connectivity index is 2.34. The number of hydrogen-bond donors (Lipinski definition) is 2. The molecule has 0 amide bonds. The Morgan fingerprint density at radius 3 is 2.88 bits per heavy atom. The van der Waals surface area contributed by atoms with E-state index in [9.17, 15) is 0 Å². The molecule has 7 nitrogen and oxygen atoms in total. The molecule has 0 saturated heterocycles. The zero-order valence-corrected chi connectivity index (χ0v) is 9.47. The molecule has 0 unspecified atom stereocenters. The van der Waals surface area contributed by atoms with Crippen LogP contribution in [-0.2, 0) is 0 Å². The minimum absolute atomic E-state index is 0.535. The molecule has 0 atom stereocenters. The molecular weight excluding hydrogens is 218 g/mol. The molecule has 0 radical (unpaired) electrons. The van der Waals surface area contributed by atoms with E-state index in [1.54, 1.807) is 19.6 Å². The van der Waals surface area contributed by atoms with Crippen molar-refractivity contribution >= 4 is 17.1 Å². The van der Waals surface area contributed by atoms with Gasteiger partial charge in [0.15, 0.2) is 11.5 Å². The van der Waals surface area contributed by atoms with E-state index in [0.29, 0.717) is 11.6 Å². The molecule has 3 rings (SSSR count). The van der Waals surface area contributed by atoms with E-state index >= 15 is 0 Å². The molecule has 3 heterocycles. The molecule has 0 aliphatic rings. The van der Waals surface area contributed by atoms with Crippen LogP contribution in [0.3, 0.4) is 0 Å². The zero-order valence-electron chi connectivity index (χ0n) is 9.47. The van der Waals surface area contributed by atoms with Crippen LogP contribution < -0.4 is 5.32 Å². The summed E-state index contributed by atoms with van der Waals surface area (Å²) in [5.74, 6) is 2.14. The number of rotatable bonds is 2. The predicted molar refractivity (Wildman–Crippen MR) is 63.1 cm³/mol. The van der Waals surface area contributed by atoms with Crippen LogP contribution in [-0.4, -0.2) is 36.5 Å². The van der Waals surface area contributed by atoms with Crippen molar-refractivity contribution in [3.63, 3.8) is 0 Å². The molecule has 0 aliphatic heterocycles. The minimum Gasteiger partial charge on any atom is -0.357 e. The van der Waals surface area contributed by atoms with Crippen LogP contribution in [0.4, 0.5) is 5.95 Å². The Labute approximate surface area is 97.0 Å². The number of aromatic amines is 1. The van der Waals surface area contributed by atoms with Crippen LogP contribution in [0.5, 0.6) is 0 Å². The van der Waals surface area contributed by atoms with Gasteiger partial charge in [-0.1, -0.05) is 0 Å². The third-order valence-corrected chi connectivity index (χ3v) is 2.54. The van der Waals surface area contributed by atoms with Crippen molar-refractivity contribution in [2.24, 2.45) is 0 Å². The van der Waals surface area contributed by atoms with Gasteiger partial charge in [0.1, 0.15) is 11.3 Å². The second-order valence-electron chi connectivity index (χ2n) is 3.57. The summed E-state index contributed by atoms with van der Waals surface area (Å²) < 4.78 is 1.89. The summed E-state index contributed by atoms with van der Waals surface area (Å²) in [6.07, 6.45) is 5.20. The highest BCUT2D eigenvalue weighted by Crippen LogP contribution is 2.18. The van der Waals surface area contributed by atoms with Gasteiger partial charge in [0.05, 0.1) is 6.33 Å². The zero-order chi connectivity index (χ0) is 11.8. The van der Waals surface area contributed by atoms with Crippen LogP contribution in [0, 0.1) is 6.92 Å². The lowest BCUT2D eigenvalue weighted by Crippen LogP contribution is -2.05. The van der Waals surface area contributed by atoms with Gasteiger partial charge in [-0.25, -0.2) is 9.97 Å². The fourth-order valence-corrected chi connectivity index (χ4v) is 1.71. The lowest BCUT2D eigenvalue weighted by Gasteiger charge is -2.06. The summed E-state index contributed by atoms with van der Waals surface area (Å²) in [6.45, 7) is 1.92. The molecule has 17 heavy (non-hydrogen) atoms. The van der Waals surface area contributed by atoms with Crippen molar-refractivity contribution in [1.29, 1.82) is 0 Å². The molecule has 7 heteroatoms. The smallest absolute Gasteiger partial charge is 0.226 e. The first-order valence-corrected chi connectivity index (χ1v) is 5.19. The van der Waals surface area contributed by atoms with Gasteiger partial charge in [0.2, 0.25) is 5.95 Å². The summed E-state index contributed by atoms with van der Waals surface area (Å²) in [5, 5.41) is 2.92. The molecular formula is C10H11N7. The average molecular weight is 229 g/mol. The molecule has 0 bridgehead atoms. The number of fused-ring (bicyclic) bond motifs is 1. The number of hydrogen-bond acceptors (Lipinski definition) is 5. The van der Waals surface area contributed by atoms with Crippen molar-refractivity contribution < 1.29 is 0 Å². The lowest BCUT2D eigenvalue weighted by atomic mass is 10.4. The SMILES string of the molecule is CNc1nc(-n2ccnc2C)c2[nH]cnc2n1. The average Bonchev–Trinajstić information content (AvgIpc) is 2.95. The number of nitrogens with one attached hydrogen (secondary N) is 2. The van der Waals surface area contributed by atoms with Gasteiger partial charge < -0.3 is 10.3 Å². The monoisotopic (exact) mass is 229 g/mol. The standard InChI is InChI=1S/C10H11N7/c1-6-12-3-4-17(6)9-7-8(14-5-13-7)15-10(11-2)16-9/h3-5H,1-2H3,(H2,11,13,14,15,16). The highest BCUT2D eigenvalue weighted by atomic mass is 15.2. The number of aryl methyl sites for hydroxylation is 1. The Morgan fingerprint density at radius 2 is 2.18 bits per heavy atom.